The number of fused-ring (bicyclic) bond motifs is 1. The average molecular weight is 200 g/mol. The molecule has 0 fully saturated rings. The molecule has 0 saturated heterocycles. The maximum absolute atomic E-state index is 6.11. The minimum absolute atomic E-state index is 0. The highest BCUT2D eigenvalue weighted by atomic mass is 35.5. The van der Waals surface area contributed by atoms with E-state index in [1.807, 2.05) is 31.2 Å². The number of para-hydroxylation sites is 1. The van der Waals surface area contributed by atoms with Gasteiger partial charge in [-0.2, -0.15) is 0 Å². The number of rotatable bonds is 0. The van der Waals surface area contributed by atoms with Crippen molar-refractivity contribution in [3.05, 3.63) is 29.8 Å². The van der Waals surface area contributed by atoms with Gasteiger partial charge in [-0.25, -0.2) is 0 Å². The van der Waals surface area contributed by atoms with E-state index >= 15 is 0 Å². The first-order chi connectivity index (χ1) is 5.70. The Labute approximate surface area is 84.5 Å². The van der Waals surface area contributed by atoms with Crippen LogP contribution in [0.3, 0.4) is 0 Å². The van der Waals surface area contributed by atoms with Crippen LogP contribution in [0.15, 0.2) is 24.3 Å². The third-order valence-electron chi connectivity index (χ3n) is 2.38. The van der Waals surface area contributed by atoms with Gasteiger partial charge < -0.3 is 10.5 Å². The molecule has 1 aliphatic heterocycles. The highest BCUT2D eigenvalue weighted by Crippen LogP contribution is 2.33. The topological polar surface area (TPSA) is 35.2 Å². The predicted molar refractivity (Wildman–Crippen MR) is 55.3 cm³/mol. The molecular formula is C10H14ClNO. The lowest BCUT2D eigenvalue weighted by Crippen LogP contribution is -2.38. The van der Waals surface area contributed by atoms with E-state index < -0.39 is 0 Å². The van der Waals surface area contributed by atoms with Gasteiger partial charge in [-0.1, -0.05) is 18.2 Å². The van der Waals surface area contributed by atoms with Gasteiger partial charge in [-0.05, 0) is 13.0 Å². The Hall–Kier alpha value is -0.730. The van der Waals surface area contributed by atoms with Gasteiger partial charge in [0.2, 0.25) is 0 Å². The minimum Gasteiger partial charge on any atom is -0.493 e. The lowest BCUT2D eigenvalue weighted by atomic mass is 9.88. The van der Waals surface area contributed by atoms with E-state index in [2.05, 4.69) is 0 Å². The van der Waals surface area contributed by atoms with E-state index in [0.29, 0.717) is 0 Å². The average Bonchev–Trinajstić information content (AvgIpc) is 2.04. The molecule has 1 aliphatic rings. The first-order valence-electron chi connectivity index (χ1n) is 4.21. The quantitative estimate of drug-likeness (QED) is 0.694. The van der Waals surface area contributed by atoms with Crippen molar-refractivity contribution in [1.29, 1.82) is 0 Å². The van der Waals surface area contributed by atoms with Crippen LogP contribution >= 0.6 is 12.4 Å². The molecule has 3 heteroatoms. The van der Waals surface area contributed by atoms with Gasteiger partial charge in [0.05, 0.1) is 6.61 Å². The van der Waals surface area contributed by atoms with Gasteiger partial charge in [0.25, 0.3) is 0 Å². The summed E-state index contributed by atoms with van der Waals surface area (Å²) in [6.45, 7) is 2.78. The van der Waals surface area contributed by atoms with Gasteiger partial charge in [0.15, 0.2) is 0 Å². The van der Waals surface area contributed by atoms with Crippen molar-refractivity contribution >= 4 is 12.4 Å². The Kier molecular flexibility index (Phi) is 2.84. The summed E-state index contributed by atoms with van der Waals surface area (Å²) in [7, 11) is 0. The third kappa shape index (κ3) is 1.79. The van der Waals surface area contributed by atoms with Crippen LogP contribution < -0.4 is 10.5 Å². The zero-order valence-electron chi connectivity index (χ0n) is 7.62. The molecule has 1 aromatic carbocycles. The van der Waals surface area contributed by atoms with Crippen LogP contribution in [0.2, 0.25) is 0 Å². The molecule has 1 unspecified atom stereocenters. The zero-order valence-corrected chi connectivity index (χ0v) is 8.43. The van der Waals surface area contributed by atoms with Gasteiger partial charge in [-0.3, -0.25) is 0 Å². The van der Waals surface area contributed by atoms with Crippen LogP contribution in [0.25, 0.3) is 0 Å². The Morgan fingerprint density at radius 3 is 2.77 bits per heavy atom. The second kappa shape index (κ2) is 3.56. The van der Waals surface area contributed by atoms with Gasteiger partial charge in [-0.15, -0.1) is 12.4 Å². The molecule has 2 rings (SSSR count). The van der Waals surface area contributed by atoms with E-state index in [4.69, 9.17) is 10.5 Å². The molecule has 0 bridgehead atoms. The fourth-order valence-electron chi connectivity index (χ4n) is 1.57. The normalized spacial score (nSPS) is 25.4. The van der Waals surface area contributed by atoms with Gasteiger partial charge >= 0.3 is 0 Å². The number of ether oxygens (including phenoxy) is 1. The monoisotopic (exact) mass is 199 g/mol. The fourth-order valence-corrected chi connectivity index (χ4v) is 1.57. The molecule has 2 N–H and O–H groups in total. The molecule has 0 aromatic heterocycles. The molecule has 0 saturated carbocycles. The van der Waals surface area contributed by atoms with Crippen molar-refractivity contribution in [3.8, 4) is 5.75 Å². The lowest BCUT2D eigenvalue weighted by molar-refractivity contribution is 0.227. The summed E-state index contributed by atoms with van der Waals surface area (Å²) in [5, 5.41) is 0. The maximum Gasteiger partial charge on any atom is 0.124 e. The molecule has 1 heterocycles. The highest BCUT2D eigenvalue weighted by molar-refractivity contribution is 5.85. The number of hydrogen-bond donors (Lipinski definition) is 1. The predicted octanol–water partition coefficient (Wildman–Crippen LogP) is 2.06. The van der Waals surface area contributed by atoms with Crippen LogP contribution in [0.5, 0.6) is 5.75 Å². The van der Waals surface area contributed by atoms with Crippen molar-refractivity contribution in [2.75, 3.05) is 6.61 Å². The Bertz CT molecular complexity index is 299. The minimum atomic E-state index is -0.213. The molecule has 0 spiro atoms. The SMILES string of the molecule is CC1(N)CCOc2ccccc21.Cl. The van der Waals surface area contributed by atoms with Gasteiger partial charge in [0, 0.05) is 17.5 Å². The lowest BCUT2D eigenvalue weighted by Gasteiger charge is -2.31. The van der Waals surface area contributed by atoms with Crippen molar-refractivity contribution in [1.82, 2.24) is 0 Å². The van der Waals surface area contributed by atoms with Crippen molar-refractivity contribution in [2.45, 2.75) is 18.9 Å². The summed E-state index contributed by atoms with van der Waals surface area (Å²) < 4.78 is 5.48. The summed E-state index contributed by atoms with van der Waals surface area (Å²) in [6, 6.07) is 7.98. The van der Waals surface area contributed by atoms with Crippen LogP contribution in [-0.2, 0) is 5.54 Å². The van der Waals surface area contributed by atoms with E-state index in [1.54, 1.807) is 0 Å². The number of hydrogen-bond acceptors (Lipinski definition) is 2. The van der Waals surface area contributed by atoms with E-state index in [9.17, 15) is 0 Å². The maximum atomic E-state index is 6.11. The number of halogens is 1. The highest BCUT2D eigenvalue weighted by Gasteiger charge is 2.28. The zero-order chi connectivity index (χ0) is 8.60. The first-order valence-corrected chi connectivity index (χ1v) is 4.21. The summed E-state index contributed by atoms with van der Waals surface area (Å²) >= 11 is 0. The molecule has 0 radical (unpaired) electrons. The molecular weight excluding hydrogens is 186 g/mol. The largest absolute Gasteiger partial charge is 0.493 e. The summed E-state index contributed by atoms with van der Waals surface area (Å²) in [5.74, 6) is 0.939. The van der Waals surface area contributed by atoms with Crippen molar-refractivity contribution < 1.29 is 4.74 Å². The number of benzene rings is 1. The van der Waals surface area contributed by atoms with Crippen LogP contribution in [-0.4, -0.2) is 6.61 Å². The van der Waals surface area contributed by atoms with Crippen LogP contribution in [0.1, 0.15) is 18.9 Å². The third-order valence-corrected chi connectivity index (χ3v) is 2.38. The summed E-state index contributed by atoms with van der Waals surface area (Å²) in [5.41, 5.74) is 7.02. The van der Waals surface area contributed by atoms with E-state index in [-0.39, 0.29) is 17.9 Å². The van der Waals surface area contributed by atoms with Crippen LogP contribution in [0.4, 0.5) is 0 Å². The first kappa shape index (κ1) is 10.4. The summed E-state index contributed by atoms with van der Waals surface area (Å²) in [6.07, 6.45) is 0.893. The van der Waals surface area contributed by atoms with Gasteiger partial charge in [0.1, 0.15) is 5.75 Å². The van der Waals surface area contributed by atoms with Crippen molar-refractivity contribution in [3.63, 3.8) is 0 Å². The Morgan fingerprint density at radius 2 is 2.08 bits per heavy atom. The summed E-state index contributed by atoms with van der Waals surface area (Å²) in [4.78, 5) is 0. The second-order valence-corrected chi connectivity index (χ2v) is 3.51. The molecule has 72 valence electrons. The molecule has 1 aromatic rings. The van der Waals surface area contributed by atoms with E-state index in [1.165, 1.54) is 0 Å². The smallest absolute Gasteiger partial charge is 0.124 e. The molecule has 0 aliphatic carbocycles. The van der Waals surface area contributed by atoms with Crippen LogP contribution in [0, 0.1) is 0 Å². The molecule has 1 atom stereocenters. The molecule has 13 heavy (non-hydrogen) atoms. The second-order valence-electron chi connectivity index (χ2n) is 3.51. The van der Waals surface area contributed by atoms with Crippen molar-refractivity contribution in [2.24, 2.45) is 5.73 Å². The Balaban J connectivity index is 0.000000845. The number of nitrogens with two attached hydrogens (primary N) is 1. The molecule has 0 amide bonds. The molecule has 2 nitrogen and oxygen atoms in total. The standard InChI is InChI=1S/C10H13NO.ClH/c1-10(11)6-7-12-9-5-3-2-4-8(9)10;/h2-5H,6-7,11H2,1H3;1H. The Morgan fingerprint density at radius 1 is 1.38 bits per heavy atom. The van der Waals surface area contributed by atoms with E-state index in [0.717, 1.165) is 24.3 Å². The fraction of sp³-hybridized carbons (Fsp3) is 0.400.